The second-order valence-electron chi connectivity index (χ2n) is 7.03. The molecule has 140 valence electrons. The second kappa shape index (κ2) is 8.20. The Morgan fingerprint density at radius 3 is 2.31 bits per heavy atom. The molecule has 0 amide bonds. The highest BCUT2D eigenvalue weighted by atomic mass is 32.2. The van der Waals surface area contributed by atoms with Crippen LogP contribution in [0.5, 0.6) is 0 Å². The van der Waals surface area contributed by atoms with Crippen LogP contribution in [0, 0.1) is 6.92 Å². The normalized spacial score (nSPS) is 16.0. The maximum absolute atomic E-state index is 12.3. The van der Waals surface area contributed by atoms with Gasteiger partial charge in [-0.15, -0.1) is 0 Å². The van der Waals surface area contributed by atoms with E-state index in [0.717, 1.165) is 42.9 Å². The quantitative estimate of drug-likeness (QED) is 0.845. The number of aryl methyl sites for hydroxylation is 1. The van der Waals surface area contributed by atoms with E-state index in [0.29, 0.717) is 6.54 Å². The molecular weight excluding hydrogens is 346 g/mol. The Hall–Kier alpha value is -1.89. The first kappa shape index (κ1) is 18.9. The van der Waals surface area contributed by atoms with Gasteiger partial charge in [0, 0.05) is 38.4 Å². The standard InChI is InChI=1S/C20H27N3O2S/c1-17-4-3-5-19(14-17)16-26(24,25)21-15-18-6-8-20(9-7-18)23-12-10-22(2)11-13-23/h3-9,14,21H,10-13,15-16H2,1-2H3. The van der Waals surface area contributed by atoms with Crippen molar-refractivity contribution in [3.63, 3.8) is 0 Å². The minimum absolute atomic E-state index is 0.00800. The summed E-state index contributed by atoms with van der Waals surface area (Å²) in [6.07, 6.45) is 0. The van der Waals surface area contributed by atoms with E-state index >= 15 is 0 Å². The maximum Gasteiger partial charge on any atom is 0.216 e. The van der Waals surface area contributed by atoms with Gasteiger partial charge in [-0.2, -0.15) is 0 Å². The Morgan fingerprint density at radius 2 is 1.65 bits per heavy atom. The minimum Gasteiger partial charge on any atom is -0.369 e. The lowest BCUT2D eigenvalue weighted by Crippen LogP contribution is -2.44. The Morgan fingerprint density at radius 1 is 0.962 bits per heavy atom. The molecule has 2 aromatic rings. The summed E-state index contributed by atoms with van der Waals surface area (Å²) in [5, 5.41) is 0. The van der Waals surface area contributed by atoms with Crippen LogP contribution in [0.1, 0.15) is 16.7 Å². The molecule has 5 nitrogen and oxygen atoms in total. The molecule has 26 heavy (non-hydrogen) atoms. The highest BCUT2D eigenvalue weighted by Gasteiger charge is 2.15. The number of anilines is 1. The number of nitrogens with zero attached hydrogens (tertiary/aromatic N) is 2. The lowest BCUT2D eigenvalue weighted by atomic mass is 10.2. The van der Waals surface area contributed by atoms with E-state index in [2.05, 4.69) is 33.7 Å². The van der Waals surface area contributed by atoms with Crippen LogP contribution >= 0.6 is 0 Å². The second-order valence-corrected chi connectivity index (χ2v) is 8.83. The zero-order chi connectivity index (χ0) is 18.6. The van der Waals surface area contributed by atoms with E-state index in [1.165, 1.54) is 5.69 Å². The third kappa shape index (κ3) is 5.30. The van der Waals surface area contributed by atoms with Crippen LogP contribution in [0.3, 0.4) is 0 Å². The zero-order valence-electron chi connectivity index (χ0n) is 15.5. The number of piperazine rings is 1. The molecule has 1 heterocycles. The number of rotatable bonds is 6. The number of likely N-dealkylation sites (N-methyl/N-ethyl adjacent to an activating group) is 1. The molecule has 0 aromatic heterocycles. The summed E-state index contributed by atoms with van der Waals surface area (Å²) in [4.78, 5) is 4.69. The monoisotopic (exact) mass is 373 g/mol. The predicted octanol–water partition coefficient (Wildman–Crippen LogP) is 2.37. The van der Waals surface area contributed by atoms with Crippen molar-refractivity contribution in [2.45, 2.75) is 19.2 Å². The summed E-state index contributed by atoms with van der Waals surface area (Å²) in [6, 6.07) is 15.8. The fourth-order valence-electron chi connectivity index (χ4n) is 3.15. The van der Waals surface area contributed by atoms with Crippen molar-refractivity contribution in [1.29, 1.82) is 0 Å². The highest BCUT2D eigenvalue weighted by molar-refractivity contribution is 7.88. The average Bonchev–Trinajstić information content (AvgIpc) is 2.61. The van der Waals surface area contributed by atoms with Gasteiger partial charge in [-0.1, -0.05) is 42.0 Å². The number of hydrogen-bond acceptors (Lipinski definition) is 4. The molecule has 1 aliphatic heterocycles. The summed E-state index contributed by atoms with van der Waals surface area (Å²) >= 11 is 0. The van der Waals surface area contributed by atoms with Crippen molar-refractivity contribution in [3.8, 4) is 0 Å². The van der Waals surface area contributed by atoms with Gasteiger partial charge in [-0.25, -0.2) is 13.1 Å². The minimum atomic E-state index is -3.35. The Kier molecular flexibility index (Phi) is 5.96. The maximum atomic E-state index is 12.3. The van der Waals surface area contributed by atoms with E-state index in [4.69, 9.17) is 0 Å². The van der Waals surface area contributed by atoms with Gasteiger partial charge in [0.2, 0.25) is 10.0 Å². The van der Waals surface area contributed by atoms with Crippen molar-refractivity contribution in [1.82, 2.24) is 9.62 Å². The molecule has 0 atom stereocenters. The summed E-state index contributed by atoms with van der Waals surface area (Å²) < 4.78 is 27.3. The molecule has 1 aliphatic rings. The lowest BCUT2D eigenvalue weighted by molar-refractivity contribution is 0.313. The summed E-state index contributed by atoms with van der Waals surface area (Å²) in [5.74, 6) is 0.00800. The molecule has 1 N–H and O–H groups in total. The van der Waals surface area contributed by atoms with Crippen LogP contribution in [-0.2, 0) is 22.3 Å². The SMILES string of the molecule is Cc1cccc(CS(=O)(=O)NCc2ccc(N3CCN(C)CC3)cc2)c1. The molecule has 6 heteroatoms. The molecule has 0 saturated carbocycles. The summed E-state index contributed by atoms with van der Waals surface area (Å²) in [6.45, 7) is 6.47. The summed E-state index contributed by atoms with van der Waals surface area (Å²) in [5.41, 5.74) is 4.04. The van der Waals surface area contributed by atoms with Gasteiger partial charge in [0.1, 0.15) is 0 Å². The van der Waals surface area contributed by atoms with Gasteiger partial charge in [-0.3, -0.25) is 0 Å². The van der Waals surface area contributed by atoms with Crippen molar-refractivity contribution in [3.05, 3.63) is 65.2 Å². The topological polar surface area (TPSA) is 52.7 Å². The molecule has 3 rings (SSSR count). The number of hydrogen-bond donors (Lipinski definition) is 1. The first-order chi connectivity index (χ1) is 12.4. The molecule has 0 unspecified atom stereocenters. The van der Waals surface area contributed by atoms with Gasteiger partial charge in [-0.05, 0) is 37.2 Å². The molecule has 0 spiro atoms. The Labute approximate surface area is 156 Å². The first-order valence-corrected chi connectivity index (χ1v) is 10.6. The van der Waals surface area contributed by atoms with Gasteiger partial charge in [0.25, 0.3) is 0 Å². The third-order valence-electron chi connectivity index (χ3n) is 4.74. The molecule has 0 bridgehead atoms. The van der Waals surface area contributed by atoms with E-state index in [-0.39, 0.29) is 5.75 Å². The van der Waals surface area contributed by atoms with Crippen molar-refractivity contribution >= 4 is 15.7 Å². The van der Waals surface area contributed by atoms with Gasteiger partial charge < -0.3 is 9.80 Å². The summed E-state index contributed by atoms with van der Waals surface area (Å²) in [7, 11) is -1.21. The van der Waals surface area contributed by atoms with E-state index in [1.54, 1.807) is 0 Å². The first-order valence-electron chi connectivity index (χ1n) is 8.97. The largest absolute Gasteiger partial charge is 0.369 e. The predicted molar refractivity (Wildman–Crippen MR) is 107 cm³/mol. The Balaban J connectivity index is 1.55. The number of nitrogens with one attached hydrogen (secondary N) is 1. The number of sulfonamides is 1. The Bertz CT molecular complexity index is 826. The van der Waals surface area contributed by atoms with E-state index < -0.39 is 10.0 Å². The smallest absolute Gasteiger partial charge is 0.216 e. The van der Waals surface area contributed by atoms with E-state index in [9.17, 15) is 8.42 Å². The lowest BCUT2D eigenvalue weighted by Gasteiger charge is -2.34. The van der Waals surface area contributed by atoms with Crippen LogP contribution < -0.4 is 9.62 Å². The molecule has 1 fully saturated rings. The van der Waals surface area contributed by atoms with Gasteiger partial charge in [0.05, 0.1) is 5.75 Å². The van der Waals surface area contributed by atoms with Crippen LogP contribution in [0.4, 0.5) is 5.69 Å². The highest BCUT2D eigenvalue weighted by Crippen LogP contribution is 2.17. The molecule has 0 radical (unpaired) electrons. The molecule has 2 aromatic carbocycles. The molecule has 1 saturated heterocycles. The fraction of sp³-hybridized carbons (Fsp3) is 0.400. The fourth-order valence-corrected chi connectivity index (χ4v) is 4.26. The van der Waals surface area contributed by atoms with Gasteiger partial charge >= 0.3 is 0 Å². The van der Waals surface area contributed by atoms with Crippen molar-refractivity contribution < 1.29 is 8.42 Å². The molecular formula is C20H27N3O2S. The third-order valence-corrected chi connectivity index (χ3v) is 6.04. The van der Waals surface area contributed by atoms with Crippen molar-refractivity contribution in [2.75, 3.05) is 38.1 Å². The zero-order valence-corrected chi connectivity index (χ0v) is 16.3. The average molecular weight is 374 g/mol. The van der Waals surface area contributed by atoms with Crippen LogP contribution in [-0.4, -0.2) is 46.5 Å². The van der Waals surface area contributed by atoms with E-state index in [1.807, 2.05) is 43.3 Å². The van der Waals surface area contributed by atoms with Crippen LogP contribution in [0.2, 0.25) is 0 Å². The number of benzene rings is 2. The molecule has 0 aliphatic carbocycles. The van der Waals surface area contributed by atoms with Gasteiger partial charge in [0.15, 0.2) is 0 Å². The van der Waals surface area contributed by atoms with Crippen molar-refractivity contribution in [2.24, 2.45) is 0 Å². The van der Waals surface area contributed by atoms with Crippen LogP contribution in [0.15, 0.2) is 48.5 Å². The van der Waals surface area contributed by atoms with Crippen LogP contribution in [0.25, 0.3) is 0 Å².